The highest BCUT2D eigenvalue weighted by molar-refractivity contribution is 5.38. The van der Waals surface area contributed by atoms with Crippen molar-refractivity contribution in [2.75, 3.05) is 25.0 Å². The lowest BCUT2D eigenvalue weighted by Gasteiger charge is -2.14. The molecule has 0 spiro atoms. The monoisotopic (exact) mass is 324 g/mol. The molecule has 0 aromatic carbocycles. The van der Waals surface area contributed by atoms with Crippen molar-refractivity contribution in [2.24, 2.45) is 5.92 Å². The van der Waals surface area contributed by atoms with Crippen LogP contribution in [0.1, 0.15) is 42.5 Å². The molecule has 1 saturated carbocycles. The molecule has 0 radical (unpaired) electrons. The van der Waals surface area contributed by atoms with Gasteiger partial charge in [0.05, 0.1) is 12.1 Å². The first-order valence-corrected chi connectivity index (χ1v) is 8.45. The van der Waals surface area contributed by atoms with Crippen LogP contribution in [-0.2, 0) is 6.54 Å². The number of hydrogen-bond donors (Lipinski definition) is 1. The van der Waals surface area contributed by atoms with Gasteiger partial charge in [0, 0.05) is 25.2 Å². The highest BCUT2D eigenvalue weighted by Gasteiger charge is 2.30. The summed E-state index contributed by atoms with van der Waals surface area (Å²) in [5, 5.41) is 16.2. The van der Waals surface area contributed by atoms with Crippen LogP contribution in [0, 0.1) is 17.2 Å². The van der Waals surface area contributed by atoms with Crippen LogP contribution in [0.2, 0.25) is 0 Å². The first-order chi connectivity index (χ1) is 11.8. The first-order valence-electron chi connectivity index (χ1n) is 8.45. The number of nitrogens with zero attached hydrogens (tertiary/aromatic N) is 5. The summed E-state index contributed by atoms with van der Waals surface area (Å²) in [6.45, 7) is 3.69. The zero-order chi connectivity index (χ0) is 16.4. The predicted molar refractivity (Wildman–Crippen MR) is 87.1 cm³/mol. The molecule has 124 valence electrons. The average Bonchev–Trinajstić information content (AvgIpc) is 3.20. The molecule has 1 unspecified atom stereocenters. The Morgan fingerprint density at radius 1 is 1.33 bits per heavy atom. The number of pyridine rings is 1. The van der Waals surface area contributed by atoms with Gasteiger partial charge in [0.15, 0.2) is 5.82 Å². The van der Waals surface area contributed by atoms with E-state index in [1.54, 1.807) is 12.3 Å². The fourth-order valence-corrected chi connectivity index (χ4v) is 3.07. The van der Waals surface area contributed by atoms with Gasteiger partial charge in [0.1, 0.15) is 11.9 Å². The smallest absolute Gasteiger partial charge is 0.240 e. The van der Waals surface area contributed by atoms with Crippen LogP contribution in [0.3, 0.4) is 0 Å². The Labute approximate surface area is 140 Å². The average molecular weight is 324 g/mol. The van der Waals surface area contributed by atoms with Crippen molar-refractivity contribution in [3.8, 4) is 6.07 Å². The highest BCUT2D eigenvalue weighted by atomic mass is 16.5. The SMILES string of the molecule is N#Cc1ccc(NCC2CCN(Cc3nc(C4CC4)no3)C2)nc1. The lowest BCUT2D eigenvalue weighted by atomic mass is 10.1. The number of nitriles is 1. The van der Waals surface area contributed by atoms with Crippen LogP contribution < -0.4 is 5.32 Å². The Hall–Kier alpha value is -2.46. The molecule has 7 nitrogen and oxygen atoms in total. The minimum Gasteiger partial charge on any atom is -0.370 e. The van der Waals surface area contributed by atoms with Gasteiger partial charge in [-0.15, -0.1) is 0 Å². The van der Waals surface area contributed by atoms with Gasteiger partial charge >= 0.3 is 0 Å². The Morgan fingerprint density at radius 3 is 3.00 bits per heavy atom. The molecular formula is C17H20N6O. The molecule has 3 heterocycles. The number of anilines is 1. The summed E-state index contributed by atoms with van der Waals surface area (Å²) in [6.07, 6.45) is 5.13. The van der Waals surface area contributed by atoms with E-state index in [4.69, 9.17) is 9.78 Å². The van der Waals surface area contributed by atoms with E-state index in [0.29, 0.717) is 17.4 Å². The largest absolute Gasteiger partial charge is 0.370 e. The molecule has 4 rings (SSSR count). The van der Waals surface area contributed by atoms with E-state index >= 15 is 0 Å². The quantitative estimate of drug-likeness (QED) is 0.870. The maximum absolute atomic E-state index is 8.78. The zero-order valence-corrected chi connectivity index (χ0v) is 13.5. The molecule has 0 amide bonds. The van der Waals surface area contributed by atoms with Crippen molar-refractivity contribution < 1.29 is 4.52 Å². The van der Waals surface area contributed by atoms with Gasteiger partial charge in [-0.3, -0.25) is 4.90 Å². The Morgan fingerprint density at radius 2 is 2.25 bits per heavy atom. The van der Waals surface area contributed by atoms with E-state index in [1.165, 1.54) is 12.8 Å². The fraction of sp³-hybridized carbons (Fsp3) is 0.529. The van der Waals surface area contributed by atoms with Crippen LogP contribution >= 0.6 is 0 Å². The van der Waals surface area contributed by atoms with E-state index in [1.807, 2.05) is 6.07 Å². The molecule has 7 heteroatoms. The Kier molecular flexibility index (Phi) is 4.13. The molecule has 1 aliphatic heterocycles. The van der Waals surface area contributed by atoms with Gasteiger partial charge in [0.2, 0.25) is 5.89 Å². The van der Waals surface area contributed by atoms with Crippen molar-refractivity contribution in [3.63, 3.8) is 0 Å². The Balaban J connectivity index is 1.24. The summed E-state index contributed by atoms with van der Waals surface area (Å²) < 4.78 is 5.36. The van der Waals surface area contributed by atoms with E-state index in [0.717, 1.165) is 50.1 Å². The maximum atomic E-state index is 8.78. The van der Waals surface area contributed by atoms with Crippen molar-refractivity contribution in [1.82, 2.24) is 20.0 Å². The lowest BCUT2D eigenvalue weighted by molar-refractivity contribution is 0.261. The molecule has 1 aliphatic carbocycles. The zero-order valence-electron chi connectivity index (χ0n) is 13.5. The van der Waals surface area contributed by atoms with Crippen LogP contribution in [0.25, 0.3) is 0 Å². The van der Waals surface area contributed by atoms with E-state index in [9.17, 15) is 0 Å². The molecular weight excluding hydrogens is 304 g/mol. The summed E-state index contributed by atoms with van der Waals surface area (Å²) in [6, 6.07) is 5.71. The van der Waals surface area contributed by atoms with Crippen LogP contribution in [-0.4, -0.2) is 39.7 Å². The summed E-state index contributed by atoms with van der Waals surface area (Å²) in [5.74, 6) is 3.55. The third kappa shape index (κ3) is 3.54. The number of aromatic nitrogens is 3. The summed E-state index contributed by atoms with van der Waals surface area (Å²) in [5.41, 5.74) is 0.581. The second kappa shape index (κ2) is 6.57. The van der Waals surface area contributed by atoms with Crippen LogP contribution in [0.4, 0.5) is 5.82 Å². The first kappa shape index (κ1) is 15.1. The van der Waals surface area contributed by atoms with E-state index in [2.05, 4.69) is 31.4 Å². The molecule has 1 atom stereocenters. The molecule has 2 fully saturated rings. The molecule has 2 aromatic heterocycles. The van der Waals surface area contributed by atoms with Gasteiger partial charge in [0.25, 0.3) is 0 Å². The maximum Gasteiger partial charge on any atom is 0.240 e. The third-order valence-corrected chi connectivity index (χ3v) is 4.62. The Bertz CT molecular complexity index is 730. The van der Waals surface area contributed by atoms with E-state index in [-0.39, 0.29) is 0 Å². The van der Waals surface area contributed by atoms with Crippen LogP contribution in [0.5, 0.6) is 0 Å². The molecule has 0 bridgehead atoms. The van der Waals surface area contributed by atoms with Gasteiger partial charge in [-0.2, -0.15) is 10.2 Å². The van der Waals surface area contributed by atoms with Gasteiger partial charge in [-0.05, 0) is 43.9 Å². The number of likely N-dealkylation sites (tertiary alicyclic amines) is 1. The molecule has 24 heavy (non-hydrogen) atoms. The second-order valence-electron chi connectivity index (χ2n) is 6.64. The molecule has 1 N–H and O–H groups in total. The predicted octanol–water partition coefficient (Wildman–Crippen LogP) is 2.15. The van der Waals surface area contributed by atoms with Gasteiger partial charge in [-0.25, -0.2) is 4.98 Å². The molecule has 2 aromatic rings. The number of nitrogens with one attached hydrogen (secondary N) is 1. The van der Waals surface area contributed by atoms with Gasteiger partial charge in [-0.1, -0.05) is 5.16 Å². The number of hydrogen-bond acceptors (Lipinski definition) is 7. The van der Waals surface area contributed by atoms with Crippen LogP contribution in [0.15, 0.2) is 22.9 Å². The molecule has 1 saturated heterocycles. The van der Waals surface area contributed by atoms with Crippen molar-refractivity contribution in [1.29, 1.82) is 5.26 Å². The lowest BCUT2D eigenvalue weighted by Crippen LogP contribution is -2.23. The minimum atomic E-state index is 0.540. The number of rotatable bonds is 6. The highest BCUT2D eigenvalue weighted by Crippen LogP contribution is 2.38. The topological polar surface area (TPSA) is 90.9 Å². The molecule has 2 aliphatic rings. The van der Waals surface area contributed by atoms with Gasteiger partial charge < -0.3 is 9.84 Å². The summed E-state index contributed by atoms with van der Waals surface area (Å²) >= 11 is 0. The normalized spacial score (nSPS) is 20.9. The fourth-order valence-electron chi connectivity index (χ4n) is 3.07. The van der Waals surface area contributed by atoms with Crippen molar-refractivity contribution in [3.05, 3.63) is 35.6 Å². The standard InChI is InChI=1S/C17H20N6O/c18-7-12-1-4-15(19-8-12)20-9-13-5-6-23(10-13)11-16-21-17(22-24-16)14-2-3-14/h1,4,8,13-14H,2-3,5-6,9-11H2,(H,19,20). The van der Waals surface area contributed by atoms with Crippen molar-refractivity contribution >= 4 is 5.82 Å². The second-order valence-corrected chi connectivity index (χ2v) is 6.64. The van der Waals surface area contributed by atoms with E-state index < -0.39 is 0 Å². The third-order valence-electron chi connectivity index (χ3n) is 4.62. The van der Waals surface area contributed by atoms with Crippen molar-refractivity contribution in [2.45, 2.75) is 31.7 Å². The summed E-state index contributed by atoms with van der Waals surface area (Å²) in [4.78, 5) is 11.1. The summed E-state index contributed by atoms with van der Waals surface area (Å²) in [7, 11) is 0. The minimum absolute atomic E-state index is 0.540.